The Morgan fingerprint density at radius 1 is 1.43 bits per heavy atom. The Morgan fingerprint density at radius 2 is 2.24 bits per heavy atom. The second kappa shape index (κ2) is 6.34. The normalized spacial score (nSPS) is 9.71. The van der Waals surface area contributed by atoms with Crippen molar-refractivity contribution in [2.75, 3.05) is 11.9 Å². The van der Waals surface area contributed by atoms with Gasteiger partial charge in [-0.2, -0.15) is 5.26 Å². The number of hydrogen-bond donors (Lipinski definition) is 1. The zero-order valence-corrected chi connectivity index (χ0v) is 11.1. The largest absolute Gasteiger partial charge is 0.452 e. The number of rotatable bonds is 4. The van der Waals surface area contributed by atoms with Crippen molar-refractivity contribution in [1.82, 2.24) is 5.16 Å². The molecule has 1 aromatic carbocycles. The number of carbonyl (C=O) groups excluding carboxylic acids is 2. The van der Waals surface area contributed by atoms with Gasteiger partial charge in [0.05, 0.1) is 17.2 Å². The lowest BCUT2D eigenvalue weighted by molar-refractivity contribution is -0.119. The number of aromatic nitrogens is 1. The van der Waals surface area contributed by atoms with Crippen molar-refractivity contribution in [3.05, 3.63) is 47.2 Å². The quantitative estimate of drug-likeness (QED) is 0.856. The van der Waals surface area contributed by atoms with Crippen molar-refractivity contribution < 1.29 is 18.8 Å². The highest BCUT2D eigenvalue weighted by atomic mass is 16.5. The number of hydrogen-bond acceptors (Lipinski definition) is 6. The van der Waals surface area contributed by atoms with Crippen molar-refractivity contribution in [2.45, 2.75) is 6.92 Å². The summed E-state index contributed by atoms with van der Waals surface area (Å²) in [5.74, 6) is -0.415. The van der Waals surface area contributed by atoms with Crippen LogP contribution in [0.2, 0.25) is 0 Å². The summed E-state index contributed by atoms with van der Waals surface area (Å²) in [6.07, 6.45) is 0. The predicted octanol–water partition coefficient (Wildman–Crippen LogP) is 1.65. The lowest BCUT2D eigenvalue weighted by Gasteiger charge is -2.04. The summed E-state index contributed by atoms with van der Waals surface area (Å²) in [5, 5.41) is 14.7. The molecule has 0 aliphatic carbocycles. The van der Waals surface area contributed by atoms with Crippen molar-refractivity contribution in [1.29, 1.82) is 5.26 Å². The van der Waals surface area contributed by atoms with Crippen LogP contribution in [0.1, 0.15) is 21.7 Å². The van der Waals surface area contributed by atoms with Crippen LogP contribution in [0, 0.1) is 18.3 Å². The molecule has 7 nitrogen and oxygen atoms in total. The second-order valence-corrected chi connectivity index (χ2v) is 4.14. The SMILES string of the molecule is Cc1cc(NC(=O)COC(=O)c2cccc(C#N)c2)no1. The third-order valence-corrected chi connectivity index (χ3v) is 2.46. The first-order chi connectivity index (χ1) is 10.1. The molecule has 2 aromatic rings. The van der Waals surface area contributed by atoms with Crippen LogP contribution in [0.4, 0.5) is 5.82 Å². The zero-order chi connectivity index (χ0) is 15.2. The smallest absolute Gasteiger partial charge is 0.338 e. The van der Waals surface area contributed by atoms with Gasteiger partial charge in [0.15, 0.2) is 12.4 Å². The van der Waals surface area contributed by atoms with Crippen molar-refractivity contribution in [2.24, 2.45) is 0 Å². The van der Waals surface area contributed by atoms with Crippen LogP contribution in [-0.2, 0) is 9.53 Å². The minimum absolute atomic E-state index is 0.208. The van der Waals surface area contributed by atoms with E-state index in [4.69, 9.17) is 14.5 Å². The molecule has 0 radical (unpaired) electrons. The Bertz CT molecular complexity index is 715. The van der Waals surface area contributed by atoms with Gasteiger partial charge >= 0.3 is 5.97 Å². The van der Waals surface area contributed by atoms with Gasteiger partial charge in [0.1, 0.15) is 5.76 Å². The van der Waals surface area contributed by atoms with Crippen LogP contribution in [0.3, 0.4) is 0 Å². The molecule has 106 valence electrons. The zero-order valence-electron chi connectivity index (χ0n) is 11.1. The number of amides is 1. The number of anilines is 1. The Balaban J connectivity index is 1.88. The van der Waals surface area contributed by atoms with Crippen molar-refractivity contribution in [3.63, 3.8) is 0 Å². The number of nitrogens with one attached hydrogen (secondary N) is 1. The molecule has 0 bridgehead atoms. The Labute approximate surface area is 120 Å². The first-order valence-electron chi connectivity index (χ1n) is 5.99. The maximum Gasteiger partial charge on any atom is 0.338 e. The highest BCUT2D eigenvalue weighted by molar-refractivity contribution is 5.95. The average Bonchev–Trinajstić information content (AvgIpc) is 2.90. The average molecular weight is 285 g/mol. The van der Waals surface area contributed by atoms with Gasteiger partial charge in [-0.05, 0) is 25.1 Å². The molecule has 1 aromatic heterocycles. The standard InChI is InChI=1S/C14H11N3O4/c1-9-5-12(17-21-9)16-13(18)8-20-14(19)11-4-2-3-10(6-11)7-15/h2-6H,8H2,1H3,(H,16,17,18). The summed E-state index contributed by atoms with van der Waals surface area (Å²) in [6, 6.07) is 9.48. The van der Waals surface area contributed by atoms with Crippen LogP contribution < -0.4 is 5.32 Å². The molecule has 0 aliphatic rings. The lowest BCUT2D eigenvalue weighted by Crippen LogP contribution is -2.21. The molecule has 1 amide bonds. The maximum absolute atomic E-state index is 11.7. The van der Waals surface area contributed by atoms with Crippen LogP contribution >= 0.6 is 0 Å². The molecule has 1 heterocycles. The van der Waals surface area contributed by atoms with E-state index in [-0.39, 0.29) is 11.4 Å². The first kappa shape index (κ1) is 14.3. The van der Waals surface area contributed by atoms with Gasteiger partial charge in [0, 0.05) is 6.07 Å². The Morgan fingerprint density at radius 3 is 2.90 bits per heavy atom. The fraction of sp³-hybridized carbons (Fsp3) is 0.143. The molecule has 0 atom stereocenters. The molecule has 0 aliphatic heterocycles. The van der Waals surface area contributed by atoms with E-state index in [2.05, 4.69) is 10.5 Å². The number of nitriles is 1. The van der Waals surface area contributed by atoms with Gasteiger partial charge in [0.25, 0.3) is 5.91 Å². The van der Waals surface area contributed by atoms with Crippen LogP contribution in [0.25, 0.3) is 0 Å². The minimum Gasteiger partial charge on any atom is -0.452 e. The third-order valence-electron chi connectivity index (χ3n) is 2.46. The molecule has 0 unspecified atom stereocenters. The van der Waals surface area contributed by atoms with E-state index in [1.54, 1.807) is 19.1 Å². The predicted molar refractivity (Wildman–Crippen MR) is 71.3 cm³/mol. The number of carbonyl (C=O) groups is 2. The maximum atomic E-state index is 11.7. The van der Waals surface area contributed by atoms with Gasteiger partial charge < -0.3 is 14.6 Å². The molecule has 2 rings (SSSR count). The highest BCUT2D eigenvalue weighted by Gasteiger charge is 2.12. The highest BCUT2D eigenvalue weighted by Crippen LogP contribution is 2.08. The third kappa shape index (κ3) is 3.91. The lowest BCUT2D eigenvalue weighted by atomic mass is 10.1. The van der Waals surface area contributed by atoms with E-state index in [0.717, 1.165) is 0 Å². The summed E-state index contributed by atoms with van der Waals surface area (Å²) in [6.45, 7) is 1.23. The monoisotopic (exact) mass is 285 g/mol. The van der Waals surface area contributed by atoms with Gasteiger partial charge in [-0.25, -0.2) is 4.79 Å². The molecule has 21 heavy (non-hydrogen) atoms. The molecule has 0 spiro atoms. The van der Waals surface area contributed by atoms with Gasteiger partial charge in [-0.15, -0.1) is 0 Å². The summed E-state index contributed by atoms with van der Waals surface area (Å²) < 4.78 is 9.63. The summed E-state index contributed by atoms with van der Waals surface area (Å²) >= 11 is 0. The molecule has 7 heteroatoms. The van der Waals surface area contributed by atoms with Gasteiger partial charge in [-0.1, -0.05) is 11.2 Å². The van der Waals surface area contributed by atoms with Crippen LogP contribution in [0.15, 0.2) is 34.9 Å². The summed E-state index contributed by atoms with van der Waals surface area (Å²) in [7, 11) is 0. The van der Waals surface area contributed by atoms with E-state index >= 15 is 0 Å². The van der Waals surface area contributed by atoms with Gasteiger partial charge in [-0.3, -0.25) is 4.79 Å². The van der Waals surface area contributed by atoms with E-state index in [1.807, 2.05) is 6.07 Å². The second-order valence-electron chi connectivity index (χ2n) is 4.14. The van der Waals surface area contributed by atoms with E-state index < -0.39 is 18.5 Å². The molecular formula is C14H11N3O4. The number of nitrogens with zero attached hydrogens (tertiary/aromatic N) is 2. The molecular weight excluding hydrogens is 274 g/mol. The molecule has 0 saturated heterocycles. The Hall–Kier alpha value is -3.14. The van der Waals surface area contributed by atoms with Crippen LogP contribution in [-0.4, -0.2) is 23.6 Å². The van der Waals surface area contributed by atoms with Gasteiger partial charge in [0.2, 0.25) is 0 Å². The topological polar surface area (TPSA) is 105 Å². The van der Waals surface area contributed by atoms with E-state index in [0.29, 0.717) is 11.3 Å². The number of ether oxygens (including phenoxy) is 1. The first-order valence-corrected chi connectivity index (χ1v) is 5.99. The van der Waals surface area contributed by atoms with Crippen LogP contribution in [0.5, 0.6) is 0 Å². The number of esters is 1. The number of benzene rings is 1. The van der Waals surface area contributed by atoms with E-state index in [1.165, 1.54) is 18.2 Å². The Kier molecular flexibility index (Phi) is 4.31. The molecule has 1 N–H and O–H groups in total. The molecule has 0 saturated carbocycles. The number of aryl methyl sites for hydroxylation is 1. The summed E-state index contributed by atoms with van der Waals surface area (Å²) in [5.41, 5.74) is 0.547. The fourth-order valence-corrected chi connectivity index (χ4v) is 1.53. The summed E-state index contributed by atoms with van der Waals surface area (Å²) in [4.78, 5) is 23.3. The minimum atomic E-state index is -0.682. The molecule has 0 fully saturated rings. The fourth-order valence-electron chi connectivity index (χ4n) is 1.53. The van der Waals surface area contributed by atoms with Crippen molar-refractivity contribution >= 4 is 17.7 Å². The van der Waals surface area contributed by atoms with E-state index in [9.17, 15) is 9.59 Å². The van der Waals surface area contributed by atoms with Crippen molar-refractivity contribution in [3.8, 4) is 6.07 Å².